The van der Waals surface area contributed by atoms with E-state index in [9.17, 15) is 9.90 Å². The molecule has 1 aromatic heterocycles. The number of hydrogen-bond acceptors (Lipinski definition) is 3. The number of nitrogens with one attached hydrogen (secondary N) is 1. The van der Waals surface area contributed by atoms with Crippen molar-refractivity contribution in [1.29, 1.82) is 0 Å². The molecule has 1 amide bonds. The molecule has 0 aliphatic carbocycles. The van der Waals surface area contributed by atoms with Crippen LogP contribution in [-0.2, 0) is 10.6 Å². The highest BCUT2D eigenvalue weighted by molar-refractivity contribution is 5.83. The lowest BCUT2D eigenvalue weighted by Crippen LogP contribution is -2.46. The number of aromatic nitrogens is 1. The zero-order valence-corrected chi connectivity index (χ0v) is 8.96. The first-order valence-corrected chi connectivity index (χ1v) is 5.03. The van der Waals surface area contributed by atoms with Crippen LogP contribution in [0.5, 0.6) is 5.75 Å². The summed E-state index contributed by atoms with van der Waals surface area (Å²) in [6, 6.07) is 11.7. The molecule has 1 unspecified atom stereocenters. The third-order valence-electron chi connectivity index (χ3n) is 2.31. The van der Waals surface area contributed by atoms with E-state index in [0.717, 1.165) is 0 Å². The Hall–Kier alpha value is -2.27. The third kappa shape index (κ3) is 2.14. The highest BCUT2D eigenvalue weighted by atomic mass is 16.6. The summed E-state index contributed by atoms with van der Waals surface area (Å²) in [4.78, 5) is 14.1. The fourth-order valence-electron chi connectivity index (χ4n) is 1.44. The second kappa shape index (κ2) is 4.31. The molecular formula is C12H12N2O3. The second-order valence-corrected chi connectivity index (χ2v) is 3.51. The third-order valence-corrected chi connectivity index (χ3v) is 2.31. The largest absolute Gasteiger partial charge is 0.448 e. The normalized spacial score (nSPS) is 13.9. The monoisotopic (exact) mass is 232 g/mol. The van der Waals surface area contributed by atoms with Crippen molar-refractivity contribution in [3.05, 3.63) is 54.4 Å². The first kappa shape index (κ1) is 11.2. The Bertz CT molecular complexity index is 496. The number of amides is 1. The Morgan fingerprint density at radius 1 is 1.24 bits per heavy atom. The summed E-state index contributed by atoms with van der Waals surface area (Å²) in [5, 5.41) is 10.2. The number of ether oxygens (including phenoxy) is 1. The molecule has 0 spiro atoms. The van der Waals surface area contributed by atoms with Gasteiger partial charge in [0.05, 0.1) is 5.69 Å². The van der Waals surface area contributed by atoms with Crippen LogP contribution in [0.2, 0.25) is 0 Å². The van der Waals surface area contributed by atoms with E-state index in [1.54, 1.807) is 42.6 Å². The number of carbonyl (C=O) groups excluding carboxylic acids is 1. The Balaban J connectivity index is 2.34. The molecule has 0 aliphatic rings. The first-order chi connectivity index (χ1) is 8.13. The lowest BCUT2D eigenvalue weighted by atomic mass is 10.2. The number of rotatable bonds is 4. The fourth-order valence-corrected chi connectivity index (χ4v) is 1.44. The highest BCUT2D eigenvalue weighted by Gasteiger charge is 2.40. The fraction of sp³-hybridized carbons (Fsp3) is 0.0833. The number of nitrogens with two attached hydrogens (primary N) is 1. The van der Waals surface area contributed by atoms with Gasteiger partial charge in [0.2, 0.25) is 0 Å². The maximum atomic E-state index is 11.4. The van der Waals surface area contributed by atoms with Gasteiger partial charge in [-0.1, -0.05) is 18.2 Å². The maximum Gasteiger partial charge on any atom is 0.330 e. The number of H-pyrrole nitrogens is 1. The summed E-state index contributed by atoms with van der Waals surface area (Å²) in [7, 11) is 0. The van der Waals surface area contributed by atoms with Crippen LogP contribution in [0.4, 0.5) is 0 Å². The van der Waals surface area contributed by atoms with Gasteiger partial charge in [0, 0.05) is 6.20 Å². The molecule has 0 saturated carbocycles. The topological polar surface area (TPSA) is 88.3 Å². The van der Waals surface area contributed by atoms with Crippen molar-refractivity contribution in [2.75, 3.05) is 0 Å². The average Bonchev–Trinajstić information content (AvgIpc) is 2.84. The van der Waals surface area contributed by atoms with E-state index in [4.69, 9.17) is 10.5 Å². The van der Waals surface area contributed by atoms with Gasteiger partial charge in [0.15, 0.2) is 0 Å². The number of aliphatic hydroxyl groups is 1. The van der Waals surface area contributed by atoms with E-state index >= 15 is 0 Å². The first-order valence-electron chi connectivity index (χ1n) is 5.03. The number of carbonyl (C=O) groups is 1. The minimum Gasteiger partial charge on any atom is -0.448 e. The molecule has 0 aliphatic heterocycles. The molecule has 1 aromatic carbocycles. The van der Waals surface area contributed by atoms with Crippen LogP contribution in [0, 0.1) is 0 Å². The molecule has 0 bridgehead atoms. The predicted octanol–water partition coefficient (Wildman–Crippen LogP) is 0.724. The van der Waals surface area contributed by atoms with Gasteiger partial charge in [-0.3, -0.25) is 4.79 Å². The molecule has 5 nitrogen and oxygen atoms in total. The van der Waals surface area contributed by atoms with E-state index in [2.05, 4.69) is 4.98 Å². The van der Waals surface area contributed by atoms with Crippen LogP contribution in [0.15, 0.2) is 48.7 Å². The van der Waals surface area contributed by atoms with Gasteiger partial charge < -0.3 is 20.6 Å². The van der Waals surface area contributed by atoms with Crippen LogP contribution in [0.1, 0.15) is 5.69 Å². The van der Waals surface area contributed by atoms with E-state index in [1.807, 2.05) is 0 Å². The molecule has 88 valence electrons. The van der Waals surface area contributed by atoms with Crippen molar-refractivity contribution in [3.63, 3.8) is 0 Å². The molecule has 1 atom stereocenters. The summed E-state index contributed by atoms with van der Waals surface area (Å²) in [6.45, 7) is 0. The zero-order chi connectivity index (χ0) is 12.3. The Morgan fingerprint density at radius 2 is 1.94 bits per heavy atom. The van der Waals surface area contributed by atoms with Gasteiger partial charge in [-0.25, -0.2) is 0 Å². The molecule has 0 fully saturated rings. The lowest BCUT2D eigenvalue weighted by Gasteiger charge is -2.24. The van der Waals surface area contributed by atoms with Gasteiger partial charge in [-0.05, 0) is 24.3 Å². The lowest BCUT2D eigenvalue weighted by molar-refractivity contribution is -0.176. The molecule has 0 saturated heterocycles. The summed E-state index contributed by atoms with van der Waals surface area (Å²) in [6.07, 6.45) is 1.57. The van der Waals surface area contributed by atoms with Crippen molar-refractivity contribution in [2.45, 2.75) is 5.79 Å². The quantitative estimate of drug-likeness (QED) is 0.679. The van der Waals surface area contributed by atoms with E-state index in [0.29, 0.717) is 5.75 Å². The standard InChI is InChI=1S/C12H12N2O3/c13-11(15)12(16,10-7-4-8-14-10)17-9-5-2-1-3-6-9/h1-8,14,16H,(H2,13,15). The maximum absolute atomic E-state index is 11.4. The van der Waals surface area contributed by atoms with Crippen molar-refractivity contribution in [3.8, 4) is 5.75 Å². The van der Waals surface area contributed by atoms with Crippen LogP contribution in [0.3, 0.4) is 0 Å². The smallest absolute Gasteiger partial charge is 0.330 e. The molecule has 1 heterocycles. The molecule has 2 aromatic rings. The molecule has 17 heavy (non-hydrogen) atoms. The SMILES string of the molecule is NC(=O)C(O)(Oc1ccccc1)c1ccc[nH]1. The summed E-state index contributed by atoms with van der Waals surface area (Å²) < 4.78 is 5.26. The number of primary amides is 1. The molecule has 0 radical (unpaired) electrons. The van der Waals surface area contributed by atoms with Crippen LogP contribution in [0.25, 0.3) is 0 Å². The molecular weight excluding hydrogens is 220 g/mol. The van der Waals surface area contributed by atoms with Crippen molar-refractivity contribution < 1.29 is 14.6 Å². The van der Waals surface area contributed by atoms with Crippen molar-refractivity contribution in [1.82, 2.24) is 4.98 Å². The summed E-state index contributed by atoms with van der Waals surface area (Å²) in [5.74, 6) is -2.82. The van der Waals surface area contributed by atoms with Crippen LogP contribution >= 0.6 is 0 Å². The molecule has 4 N–H and O–H groups in total. The molecule has 2 rings (SSSR count). The van der Waals surface area contributed by atoms with Gasteiger partial charge in [-0.2, -0.15) is 0 Å². The number of aromatic amines is 1. The van der Waals surface area contributed by atoms with Gasteiger partial charge in [0.25, 0.3) is 5.91 Å². The summed E-state index contributed by atoms with van der Waals surface area (Å²) in [5.41, 5.74) is 5.36. The number of benzene rings is 1. The van der Waals surface area contributed by atoms with Crippen LogP contribution in [-0.4, -0.2) is 16.0 Å². The highest BCUT2D eigenvalue weighted by Crippen LogP contribution is 2.24. The van der Waals surface area contributed by atoms with Gasteiger partial charge in [-0.15, -0.1) is 0 Å². The van der Waals surface area contributed by atoms with Gasteiger partial charge >= 0.3 is 5.79 Å². The van der Waals surface area contributed by atoms with Crippen molar-refractivity contribution >= 4 is 5.91 Å². The zero-order valence-electron chi connectivity index (χ0n) is 8.96. The van der Waals surface area contributed by atoms with E-state index < -0.39 is 11.7 Å². The van der Waals surface area contributed by atoms with Crippen LogP contribution < -0.4 is 10.5 Å². The Labute approximate surface area is 97.8 Å². The minimum absolute atomic E-state index is 0.189. The second-order valence-electron chi connectivity index (χ2n) is 3.51. The minimum atomic E-state index is -2.19. The molecule has 5 heteroatoms. The van der Waals surface area contributed by atoms with E-state index in [-0.39, 0.29) is 5.69 Å². The Kier molecular flexibility index (Phi) is 2.84. The number of hydrogen-bond donors (Lipinski definition) is 3. The summed E-state index contributed by atoms with van der Waals surface area (Å²) >= 11 is 0. The predicted molar refractivity (Wildman–Crippen MR) is 61.0 cm³/mol. The van der Waals surface area contributed by atoms with E-state index in [1.165, 1.54) is 6.07 Å². The van der Waals surface area contributed by atoms with Crippen molar-refractivity contribution in [2.24, 2.45) is 5.73 Å². The average molecular weight is 232 g/mol. The Morgan fingerprint density at radius 3 is 2.47 bits per heavy atom. The number of para-hydroxylation sites is 1. The van der Waals surface area contributed by atoms with Gasteiger partial charge in [0.1, 0.15) is 5.75 Å².